The van der Waals surface area contributed by atoms with Gasteiger partial charge in [-0.15, -0.1) is 0 Å². The highest BCUT2D eigenvalue weighted by molar-refractivity contribution is 7.89. The fourth-order valence-electron chi connectivity index (χ4n) is 2.99. The number of hydrogen-bond donors (Lipinski definition) is 1. The number of hydrogen-bond acceptors (Lipinski definition) is 4. The van der Waals surface area contributed by atoms with E-state index in [-0.39, 0.29) is 6.04 Å². The molecule has 1 aromatic rings. The van der Waals surface area contributed by atoms with Crippen LogP contribution < -0.4 is 5.73 Å². The Hall–Kier alpha value is -0.950. The molecule has 1 saturated heterocycles. The van der Waals surface area contributed by atoms with E-state index < -0.39 is 10.0 Å². The van der Waals surface area contributed by atoms with Gasteiger partial charge in [0.25, 0.3) is 0 Å². The first kappa shape index (κ1) is 16.4. The second-order valence-corrected chi connectivity index (χ2v) is 7.68. The molecule has 1 aromatic carbocycles. The molecule has 0 saturated carbocycles. The Bertz CT molecular complexity index is 601. The third kappa shape index (κ3) is 3.29. The van der Waals surface area contributed by atoms with Gasteiger partial charge in [0.05, 0.1) is 4.90 Å². The Kier molecular flexibility index (Phi) is 5.03. The van der Waals surface area contributed by atoms with Crippen molar-refractivity contribution in [2.75, 3.05) is 26.7 Å². The van der Waals surface area contributed by atoms with Crippen molar-refractivity contribution >= 4 is 10.0 Å². The lowest BCUT2D eigenvalue weighted by Crippen LogP contribution is -2.42. The van der Waals surface area contributed by atoms with E-state index in [1.165, 1.54) is 0 Å². The minimum atomic E-state index is -3.47. The number of benzene rings is 1. The summed E-state index contributed by atoms with van der Waals surface area (Å²) in [5.41, 5.74) is 7.35. The molecular weight excluding hydrogens is 286 g/mol. The standard InChI is InChI=1S/C15H25N3O2S/c1-12-11-17(3)8-5-9-18(12)21(19,20)15-7-4-6-14(10-16)13(15)2/h4,6-7,12H,5,8-11,16H2,1-3H3. The zero-order valence-corrected chi connectivity index (χ0v) is 13.9. The van der Waals surface area contributed by atoms with Crippen molar-refractivity contribution in [1.82, 2.24) is 9.21 Å². The average Bonchev–Trinajstić information content (AvgIpc) is 2.59. The molecule has 0 bridgehead atoms. The molecule has 1 unspecified atom stereocenters. The predicted octanol–water partition coefficient (Wildman–Crippen LogP) is 1.17. The van der Waals surface area contributed by atoms with Gasteiger partial charge in [-0.3, -0.25) is 0 Å². The lowest BCUT2D eigenvalue weighted by atomic mass is 10.1. The molecule has 0 amide bonds. The zero-order valence-electron chi connectivity index (χ0n) is 13.0. The molecule has 1 heterocycles. The summed E-state index contributed by atoms with van der Waals surface area (Å²) in [6.45, 7) is 6.42. The first-order valence-electron chi connectivity index (χ1n) is 7.37. The molecule has 1 atom stereocenters. The molecule has 6 heteroatoms. The van der Waals surface area contributed by atoms with Gasteiger partial charge in [-0.05, 0) is 51.1 Å². The van der Waals surface area contributed by atoms with Crippen LogP contribution in [-0.2, 0) is 16.6 Å². The molecule has 2 N–H and O–H groups in total. The fourth-order valence-corrected chi connectivity index (χ4v) is 4.93. The molecular formula is C15H25N3O2S. The molecule has 0 aromatic heterocycles. The number of likely N-dealkylation sites (N-methyl/N-ethyl adjacent to an activating group) is 1. The van der Waals surface area contributed by atoms with Crippen molar-refractivity contribution in [1.29, 1.82) is 0 Å². The number of rotatable bonds is 3. The number of sulfonamides is 1. The minimum Gasteiger partial charge on any atom is -0.326 e. The Morgan fingerprint density at radius 1 is 1.33 bits per heavy atom. The van der Waals surface area contributed by atoms with Crippen LogP contribution >= 0.6 is 0 Å². The molecule has 0 aliphatic carbocycles. The van der Waals surface area contributed by atoms with Gasteiger partial charge in [-0.25, -0.2) is 8.42 Å². The van der Waals surface area contributed by atoms with E-state index >= 15 is 0 Å². The SMILES string of the molecule is Cc1c(CN)cccc1S(=O)(=O)N1CCCN(C)CC1C. The number of nitrogens with zero attached hydrogens (tertiary/aromatic N) is 2. The van der Waals surface area contributed by atoms with Crippen LogP contribution in [-0.4, -0.2) is 50.3 Å². The van der Waals surface area contributed by atoms with Crippen LogP contribution in [0.4, 0.5) is 0 Å². The van der Waals surface area contributed by atoms with Gasteiger partial charge in [0.2, 0.25) is 10.0 Å². The predicted molar refractivity (Wildman–Crippen MR) is 84.5 cm³/mol. The normalized spacial score (nSPS) is 22.2. The maximum atomic E-state index is 13.0. The van der Waals surface area contributed by atoms with Gasteiger partial charge >= 0.3 is 0 Å². The van der Waals surface area contributed by atoms with Crippen LogP contribution in [0.5, 0.6) is 0 Å². The van der Waals surface area contributed by atoms with Crippen molar-refractivity contribution < 1.29 is 8.42 Å². The Balaban J connectivity index is 2.42. The van der Waals surface area contributed by atoms with Gasteiger partial charge < -0.3 is 10.6 Å². The van der Waals surface area contributed by atoms with Crippen molar-refractivity contribution in [3.8, 4) is 0 Å². The van der Waals surface area contributed by atoms with Crippen molar-refractivity contribution in [3.63, 3.8) is 0 Å². The van der Waals surface area contributed by atoms with Crippen LogP contribution in [0.3, 0.4) is 0 Å². The summed E-state index contributed by atoms with van der Waals surface area (Å²) < 4.78 is 27.7. The average molecular weight is 311 g/mol. The Morgan fingerprint density at radius 3 is 2.71 bits per heavy atom. The lowest BCUT2D eigenvalue weighted by molar-refractivity contribution is 0.290. The summed E-state index contributed by atoms with van der Waals surface area (Å²) in [4.78, 5) is 2.57. The van der Waals surface area contributed by atoms with E-state index in [0.717, 1.165) is 30.6 Å². The summed E-state index contributed by atoms with van der Waals surface area (Å²) in [5.74, 6) is 0. The third-order valence-electron chi connectivity index (χ3n) is 4.19. The summed E-state index contributed by atoms with van der Waals surface area (Å²) in [6, 6.07) is 5.32. The Morgan fingerprint density at radius 2 is 2.05 bits per heavy atom. The fraction of sp³-hybridized carbons (Fsp3) is 0.600. The maximum absolute atomic E-state index is 13.0. The molecule has 21 heavy (non-hydrogen) atoms. The molecule has 118 valence electrons. The first-order chi connectivity index (χ1) is 9.87. The summed E-state index contributed by atoms with van der Waals surface area (Å²) in [5, 5.41) is 0. The third-order valence-corrected chi connectivity index (χ3v) is 6.35. The van der Waals surface area contributed by atoms with E-state index in [1.807, 2.05) is 27.0 Å². The van der Waals surface area contributed by atoms with Crippen LogP contribution in [0.2, 0.25) is 0 Å². The highest BCUT2D eigenvalue weighted by Gasteiger charge is 2.32. The van der Waals surface area contributed by atoms with Crippen molar-refractivity contribution in [3.05, 3.63) is 29.3 Å². The highest BCUT2D eigenvalue weighted by atomic mass is 32.2. The molecule has 0 spiro atoms. The Labute approximate surface area is 127 Å². The summed E-state index contributed by atoms with van der Waals surface area (Å²) in [7, 11) is -1.44. The number of nitrogens with two attached hydrogens (primary N) is 1. The zero-order chi connectivity index (χ0) is 15.6. The second kappa shape index (κ2) is 6.44. The molecule has 2 rings (SSSR count). The summed E-state index contributed by atoms with van der Waals surface area (Å²) in [6.07, 6.45) is 0.857. The maximum Gasteiger partial charge on any atom is 0.243 e. The van der Waals surface area contributed by atoms with E-state index in [9.17, 15) is 8.42 Å². The van der Waals surface area contributed by atoms with E-state index in [2.05, 4.69) is 4.90 Å². The van der Waals surface area contributed by atoms with Gasteiger partial charge in [0.1, 0.15) is 0 Å². The van der Waals surface area contributed by atoms with E-state index in [4.69, 9.17) is 5.73 Å². The second-order valence-electron chi connectivity index (χ2n) is 5.82. The molecule has 0 radical (unpaired) electrons. The van der Waals surface area contributed by atoms with Gasteiger partial charge in [-0.1, -0.05) is 12.1 Å². The molecule has 1 aliphatic rings. The van der Waals surface area contributed by atoms with Gasteiger partial charge in [0.15, 0.2) is 0 Å². The smallest absolute Gasteiger partial charge is 0.243 e. The highest BCUT2D eigenvalue weighted by Crippen LogP contribution is 2.25. The van der Waals surface area contributed by atoms with E-state index in [1.54, 1.807) is 16.4 Å². The van der Waals surface area contributed by atoms with Crippen LogP contribution in [0.1, 0.15) is 24.5 Å². The summed E-state index contributed by atoms with van der Waals surface area (Å²) >= 11 is 0. The van der Waals surface area contributed by atoms with Crippen LogP contribution in [0.15, 0.2) is 23.1 Å². The monoisotopic (exact) mass is 311 g/mol. The van der Waals surface area contributed by atoms with E-state index in [0.29, 0.717) is 18.0 Å². The quantitative estimate of drug-likeness (QED) is 0.910. The molecule has 1 fully saturated rings. The van der Waals surface area contributed by atoms with Crippen LogP contribution in [0, 0.1) is 6.92 Å². The van der Waals surface area contributed by atoms with Gasteiger partial charge in [-0.2, -0.15) is 4.31 Å². The minimum absolute atomic E-state index is 0.0246. The van der Waals surface area contributed by atoms with Crippen LogP contribution in [0.25, 0.3) is 0 Å². The van der Waals surface area contributed by atoms with Crippen molar-refractivity contribution in [2.45, 2.75) is 37.8 Å². The molecule has 1 aliphatic heterocycles. The van der Waals surface area contributed by atoms with Crippen molar-refractivity contribution in [2.24, 2.45) is 5.73 Å². The lowest BCUT2D eigenvalue weighted by Gasteiger charge is -2.28. The first-order valence-corrected chi connectivity index (χ1v) is 8.81. The van der Waals surface area contributed by atoms with Gasteiger partial charge in [0, 0.05) is 25.7 Å². The largest absolute Gasteiger partial charge is 0.326 e. The molecule has 5 nitrogen and oxygen atoms in total. The topological polar surface area (TPSA) is 66.6 Å².